The molecule has 0 amide bonds. The van der Waals surface area contributed by atoms with Crippen LogP contribution >= 0.6 is 0 Å². The van der Waals surface area contributed by atoms with Crippen LogP contribution in [0.15, 0.2) is 0 Å². The first-order valence-corrected chi connectivity index (χ1v) is 6.94. The molecule has 1 N–H and O–H groups in total. The van der Waals surface area contributed by atoms with Gasteiger partial charge in [-0.1, -0.05) is 6.92 Å². The Labute approximate surface area is 106 Å². The second-order valence-electron chi connectivity index (χ2n) is 4.87. The summed E-state index contributed by atoms with van der Waals surface area (Å²) in [7, 11) is 1.75. The average Bonchev–Trinajstić information content (AvgIpc) is 2.34. The van der Waals surface area contributed by atoms with Gasteiger partial charge in [0.2, 0.25) is 0 Å². The predicted molar refractivity (Wildman–Crippen MR) is 72.5 cm³/mol. The summed E-state index contributed by atoms with van der Waals surface area (Å²) in [5, 5.41) is 3.39. The molecule has 0 aromatic carbocycles. The molecule has 4 nitrogen and oxygen atoms in total. The van der Waals surface area contributed by atoms with Crippen LogP contribution in [-0.2, 0) is 4.74 Å². The quantitative estimate of drug-likeness (QED) is 0.633. The lowest BCUT2D eigenvalue weighted by Gasteiger charge is -2.39. The second-order valence-corrected chi connectivity index (χ2v) is 4.87. The summed E-state index contributed by atoms with van der Waals surface area (Å²) in [6.07, 6.45) is 1.24. The van der Waals surface area contributed by atoms with Crippen LogP contribution < -0.4 is 5.32 Å². The van der Waals surface area contributed by atoms with E-state index in [0.717, 1.165) is 25.7 Å². The first kappa shape index (κ1) is 14.9. The minimum atomic E-state index is 0.718. The number of likely N-dealkylation sites (N-methyl/N-ethyl adjacent to an activating group) is 1. The minimum Gasteiger partial charge on any atom is -0.383 e. The fraction of sp³-hybridized carbons (Fsp3) is 1.00. The van der Waals surface area contributed by atoms with Crippen molar-refractivity contribution in [2.75, 3.05) is 59.5 Å². The van der Waals surface area contributed by atoms with Crippen LogP contribution in [0, 0.1) is 0 Å². The van der Waals surface area contributed by atoms with Gasteiger partial charge in [-0.25, -0.2) is 0 Å². The van der Waals surface area contributed by atoms with Crippen molar-refractivity contribution in [1.82, 2.24) is 15.1 Å². The summed E-state index contributed by atoms with van der Waals surface area (Å²) in [5.41, 5.74) is 0. The fourth-order valence-corrected chi connectivity index (χ4v) is 2.47. The van der Waals surface area contributed by atoms with Crippen molar-refractivity contribution < 1.29 is 4.74 Å². The van der Waals surface area contributed by atoms with Crippen LogP contribution in [-0.4, -0.2) is 75.4 Å². The van der Waals surface area contributed by atoms with Crippen LogP contribution in [0.5, 0.6) is 0 Å². The van der Waals surface area contributed by atoms with E-state index in [4.69, 9.17) is 4.74 Å². The van der Waals surface area contributed by atoms with Crippen molar-refractivity contribution in [2.45, 2.75) is 26.3 Å². The van der Waals surface area contributed by atoms with E-state index in [-0.39, 0.29) is 0 Å². The van der Waals surface area contributed by atoms with Gasteiger partial charge in [-0.2, -0.15) is 0 Å². The third-order valence-electron chi connectivity index (χ3n) is 3.57. The molecule has 1 fully saturated rings. The molecule has 0 bridgehead atoms. The summed E-state index contributed by atoms with van der Waals surface area (Å²) in [6.45, 7) is 13.6. The van der Waals surface area contributed by atoms with Gasteiger partial charge in [-0.15, -0.1) is 0 Å². The van der Waals surface area contributed by atoms with Crippen LogP contribution in [0.4, 0.5) is 0 Å². The third kappa shape index (κ3) is 5.82. The zero-order chi connectivity index (χ0) is 12.5. The van der Waals surface area contributed by atoms with Crippen molar-refractivity contribution >= 4 is 0 Å². The molecule has 1 saturated heterocycles. The molecule has 4 heteroatoms. The monoisotopic (exact) mass is 243 g/mol. The standard InChI is InChI=1S/C13H29N3O/c1-4-16-10-9-15(12-13(16)2)8-5-6-14-7-11-17-3/h13-14H,4-12H2,1-3H3. The van der Waals surface area contributed by atoms with E-state index in [1.807, 2.05) is 0 Å². The molecule has 0 spiro atoms. The van der Waals surface area contributed by atoms with Crippen molar-refractivity contribution in [3.8, 4) is 0 Å². The third-order valence-corrected chi connectivity index (χ3v) is 3.57. The van der Waals surface area contributed by atoms with E-state index >= 15 is 0 Å². The molecule has 1 unspecified atom stereocenters. The van der Waals surface area contributed by atoms with E-state index in [1.54, 1.807) is 7.11 Å². The molecule has 17 heavy (non-hydrogen) atoms. The molecular weight excluding hydrogens is 214 g/mol. The SMILES string of the molecule is CCN1CCN(CCCNCCOC)CC1C. The van der Waals surface area contributed by atoms with Gasteiger partial charge in [0.1, 0.15) is 0 Å². The second kappa shape index (κ2) is 8.86. The lowest BCUT2D eigenvalue weighted by molar-refractivity contribution is 0.0873. The topological polar surface area (TPSA) is 27.7 Å². The molecule has 0 aromatic heterocycles. The molecule has 1 aliphatic heterocycles. The number of nitrogens with zero attached hydrogens (tertiary/aromatic N) is 2. The van der Waals surface area contributed by atoms with E-state index < -0.39 is 0 Å². The van der Waals surface area contributed by atoms with Gasteiger partial charge in [0.15, 0.2) is 0 Å². The number of methoxy groups -OCH3 is 1. The van der Waals surface area contributed by atoms with E-state index in [9.17, 15) is 0 Å². The highest BCUT2D eigenvalue weighted by atomic mass is 16.5. The summed E-state index contributed by atoms with van der Waals surface area (Å²) in [6, 6.07) is 0.718. The van der Waals surface area contributed by atoms with Crippen LogP contribution in [0.3, 0.4) is 0 Å². The summed E-state index contributed by atoms with van der Waals surface area (Å²) < 4.78 is 5.00. The first-order valence-electron chi connectivity index (χ1n) is 6.94. The van der Waals surface area contributed by atoms with Crippen LogP contribution in [0.1, 0.15) is 20.3 Å². The number of piperazine rings is 1. The molecule has 1 aliphatic rings. The Hall–Kier alpha value is -0.160. The maximum atomic E-state index is 5.00. The summed E-state index contributed by atoms with van der Waals surface area (Å²) in [4.78, 5) is 5.15. The van der Waals surface area contributed by atoms with Gasteiger partial charge in [0, 0.05) is 39.3 Å². The zero-order valence-corrected chi connectivity index (χ0v) is 11.7. The number of hydrogen-bond donors (Lipinski definition) is 1. The van der Waals surface area contributed by atoms with Crippen molar-refractivity contribution in [1.29, 1.82) is 0 Å². The fourth-order valence-electron chi connectivity index (χ4n) is 2.47. The number of rotatable bonds is 8. The van der Waals surface area contributed by atoms with Gasteiger partial charge in [0.05, 0.1) is 6.61 Å². The van der Waals surface area contributed by atoms with E-state index in [1.165, 1.54) is 39.1 Å². The molecule has 0 radical (unpaired) electrons. The Morgan fingerprint density at radius 1 is 1.29 bits per heavy atom. The Bertz CT molecular complexity index is 190. The van der Waals surface area contributed by atoms with Gasteiger partial charge < -0.3 is 15.0 Å². The van der Waals surface area contributed by atoms with Crippen molar-refractivity contribution in [3.63, 3.8) is 0 Å². The zero-order valence-electron chi connectivity index (χ0n) is 11.7. The van der Waals surface area contributed by atoms with Gasteiger partial charge in [-0.05, 0) is 33.0 Å². The minimum absolute atomic E-state index is 0.718. The number of nitrogens with one attached hydrogen (secondary N) is 1. The lowest BCUT2D eigenvalue weighted by Crippen LogP contribution is -2.51. The van der Waals surface area contributed by atoms with Gasteiger partial charge >= 0.3 is 0 Å². The van der Waals surface area contributed by atoms with Crippen molar-refractivity contribution in [3.05, 3.63) is 0 Å². The molecule has 102 valence electrons. The molecule has 1 rings (SSSR count). The maximum Gasteiger partial charge on any atom is 0.0587 e. The highest BCUT2D eigenvalue weighted by molar-refractivity contribution is 4.78. The van der Waals surface area contributed by atoms with Crippen LogP contribution in [0.2, 0.25) is 0 Å². The summed E-state index contributed by atoms with van der Waals surface area (Å²) >= 11 is 0. The highest BCUT2D eigenvalue weighted by Crippen LogP contribution is 2.08. The normalized spacial score (nSPS) is 23.1. The van der Waals surface area contributed by atoms with E-state index in [0.29, 0.717) is 0 Å². The highest BCUT2D eigenvalue weighted by Gasteiger charge is 2.21. The Morgan fingerprint density at radius 2 is 2.12 bits per heavy atom. The van der Waals surface area contributed by atoms with Gasteiger partial charge in [-0.3, -0.25) is 4.90 Å². The first-order chi connectivity index (χ1) is 8.27. The molecule has 1 atom stereocenters. The predicted octanol–water partition coefficient (Wildman–Crippen LogP) is 0.639. The largest absolute Gasteiger partial charge is 0.383 e. The number of ether oxygens (including phenoxy) is 1. The molecule has 0 saturated carbocycles. The molecule has 1 heterocycles. The van der Waals surface area contributed by atoms with Crippen LogP contribution in [0.25, 0.3) is 0 Å². The Morgan fingerprint density at radius 3 is 2.76 bits per heavy atom. The van der Waals surface area contributed by atoms with Gasteiger partial charge in [0.25, 0.3) is 0 Å². The molecule has 0 aromatic rings. The summed E-state index contributed by atoms with van der Waals surface area (Å²) in [5.74, 6) is 0. The average molecular weight is 243 g/mol. The Balaban J connectivity index is 2.01. The smallest absolute Gasteiger partial charge is 0.0587 e. The number of hydrogen-bond acceptors (Lipinski definition) is 4. The lowest BCUT2D eigenvalue weighted by atomic mass is 10.2. The Kier molecular flexibility index (Phi) is 7.77. The molecular formula is C13H29N3O. The maximum absolute atomic E-state index is 5.00. The van der Waals surface area contributed by atoms with Crippen molar-refractivity contribution in [2.24, 2.45) is 0 Å². The van der Waals surface area contributed by atoms with E-state index in [2.05, 4.69) is 29.0 Å². The molecule has 0 aliphatic carbocycles.